The van der Waals surface area contributed by atoms with E-state index < -0.39 is 11.7 Å². The Balaban J connectivity index is 2.13. The SMILES string of the molecule is CCCOc1nc(-c2cccc(C(F)(F)F)c2)c2ccsc2n1. The van der Waals surface area contributed by atoms with Crippen LogP contribution in [0.3, 0.4) is 0 Å². The molecule has 0 bridgehead atoms. The van der Waals surface area contributed by atoms with E-state index in [0.29, 0.717) is 22.7 Å². The van der Waals surface area contributed by atoms with Crippen LogP contribution in [0.2, 0.25) is 0 Å². The number of nitrogens with zero attached hydrogens (tertiary/aromatic N) is 2. The van der Waals surface area contributed by atoms with Crippen LogP contribution in [0.25, 0.3) is 21.5 Å². The van der Waals surface area contributed by atoms with Crippen LogP contribution in [-0.2, 0) is 6.18 Å². The lowest BCUT2D eigenvalue weighted by Gasteiger charge is -2.10. The standard InChI is InChI=1S/C16H13F3N2OS/c1-2-7-22-15-20-13(12-6-8-23-14(12)21-15)10-4-3-5-11(9-10)16(17,18)19/h3-6,8-9H,2,7H2,1H3. The van der Waals surface area contributed by atoms with Gasteiger partial charge in [0.05, 0.1) is 17.9 Å². The van der Waals surface area contributed by atoms with Crippen molar-refractivity contribution < 1.29 is 17.9 Å². The van der Waals surface area contributed by atoms with Gasteiger partial charge in [-0.25, -0.2) is 0 Å². The quantitative estimate of drug-likeness (QED) is 0.658. The molecule has 0 spiro atoms. The predicted octanol–water partition coefficient (Wildman–Crippen LogP) is 5.17. The average Bonchev–Trinajstić information content (AvgIpc) is 3.00. The lowest BCUT2D eigenvalue weighted by Crippen LogP contribution is -2.05. The Kier molecular flexibility index (Phi) is 4.21. The smallest absolute Gasteiger partial charge is 0.416 e. The lowest BCUT2D eigenvalue weighted by atomic mass is 10.1. The van der Waals surface area contributed by atoms with Crippen LogP contribution in [0.4, 0.5) is 13.2 Å². The van der Waals surface area contributed by atoms with Crippen molar-refractivity contribution >= 4 is 21.6 Å². The van der Waals surface area contributed by atoms with Gasteiger partial charge in [-0.1, -0.05) is 19.1 Å². The van der Waals surface area contributed by atoms with Gasteiger partial charge in [-0.2, -0.15) is 23.1 Å². The molecule has 0 atom stereocenters. The van der Waals surface area contributed by atoms with Crippen molar-refractivity contribution in [2.45, 2.75) is 19.5 Å². The van der Waals surface area contributed by atoms with Crippen molar-refractivity contribution in [3.05, 3.63) is 41.3 Å². The maximum absolute atomic E-state index is 12.9. The molecule has 2 heterocycles. The molecule has 3 rings (SSSR count). The largest absolute Gasteiger partial charge is 0.463 e. The van der Waals surface area contributed by atoms with E-state index >= 15 is 0 Å². The van der Waals surface area contributed by atoms with E-state index in [9.17, 15) is 13.2 Å². The number of thiophene rings is 1. The third kappa shape index (κ3) is 3.29. The summed E-state index contributed by atoms with van der Waals surface area (Å²) >= 11 is 1.40. The van der Waals surface area contributed by atoms with Gasteiger partial charge in [0.1, 0.15) is 4.83 Å². The molecule has 23 heavy (non-hydrogen) atoms. The van der Waals surface area contributed by atoms with E-state index in [4.69, 9.17) is 4.74 Å². The minimum absolute atomic E-state index is 0.189. The molecule has 0 aliphatic rings. The van der Waals surface area contributed by atoms with E-state index in [1.165, 1.54) is 17.4 Å². The molecule has 0 aliphatic heterocycles. The zero-order valence-electron chi connectivity index (χ0n) is 12.2. The number of aromatic nitrogens is 2. The number of halogens is 3. The van der Waals surface area contributed by atoms with Gasteiger partial charge in [0.25, 0.3) is 0 Å². The zero-order valence-corrected chi connectivity index (χ0v) is 13.0. The van der Waals surface area contributed by atoms with Crippen molar-refractivity contribution in [3.63, 3.8) is 0 Å². The first-order valence-electron chi connectivity index (χ1n) is 7.04. The summed E-state index contributed by atoms with van der Waals surface area (Å²) in [6.45, 7) is 2.41. The van der Waals surface area contributed by atoms with Gasteiger partial charge in [0.2, 0.25) is 0 Å². The summed E-state index contributed by atoms with van der Waals surface area (Å²) in [6.07, 6.45) is -3.59. The maximum Gasteiger partial charge on any atom is 0.416 e. The summed E-state index contributed by atoms with van der Waals surface area (Å²) in [5.41, 5.74) is 0.147. The van der Waals surface area contributed by atoms with Crippen molar-refractivity contribution in [2.75, 3.05) is 6.61 Å². The predicted molar refractivity (Wildman–Crippen MR) is 83.6 cm³/mol. The molecule has 120 valence electrons. The van der Waals surface area contributed by atoms with Crippen molar-refractivity contribution in [1.82, 2.24) is 9.97 Å². The Morgan fingerprint density at radius 3 is 2.74 bits per heavy atom. The summed E-state index contributed by atoms with van der Waals surface area (Å²) in [4.78, 5) is 9.30. The molecular formula is C16H13F3N2OS. The first-order chi connectivity index (χ1) is 11.0. The molecule has 1 aromatic carbocycles. The first-order valence-corrected chi connectivity index (χ1v) is 7.92. The Labute approximate surface area is 134 Å². The third-order valence-corrected chi connectivity index (χ3v) is 4.01. The maximum atomic E-state index is 12.9. The molecule has 3 aromatic rings. The molecule has 0 aliphatic carbocycles. The summed E-state index contributed by atoms with van der Waals surface area (Å²) < 4.78 is 44.2. The zero-order chi connectivity index (χ0) is 16.4. The molecule has 3 nitrogen and oxygen atoms in total. The van der Waals surface area contributed by atoms with Crippen molar-refractivity contribution in [2.24, 2.45) is 0 Å². The van der Waals surface area contributed by atoms with Crippen LogP contribution in [0.1, 0.15) is 18.9 Å². The summed E-state index contributed by atoms with van der Waals surface area (Å²) in [5.74, 6) is 0. The highest BCUT2D eigenvalue weighted by Gasteiger charge is 2.30. The Bertz CT molecular complexity index is 830. The highest BCUT2D eigenvalue weighted by molar-refractivity contribution is 7.16. The molecule has 0 amide bonds. The fourth-order valence-corrected chi connectivity index (χ4v) is 2.91. The Hall–Kier alpha value is -2.15. The topological polar surface area (TPSA) is 35.0 Å². The van der Waals surface area contributed by atoms with Crippen molar-refractivity contribution in [3.8, 4) is 17.3 Å². The van der Waals surface area contributed by atoms with Gasteiger partial charge in [-0.05, 0) is 30.0 Å². The lowest BCUT2D eigenvalue weighted by molar-refractivity contribution is -0.137. The van der Waals surface area contributed by atoms with E-state index in [0.717, 1.165) is 23.9 Å². The molecule has 0 fully saturated rings. The number of hydrogen-bond donors (Lipinski definition) is 0. The third-order valence-electron chi connectivity index (χ3n) is 3.20. The first kappa shape index (κ1) is 15.7. The van der Waals surface area contributed by atoms with Gasteiger partial charge >= 0.3 is 12.2 Å². The molecule has 0 radical (unpaired) electrons. The van der Waals surface area contributed by atoms with Gasteiger partial charge in [-0.3, -0.25) is 0 Å². The molecule has 0 unspecified atom stereocenters. The monoisotopic (exact) mass is 338 g/mol. The Morgan fingerprint density at radius 1 is 1.17 bits per heavy atom. The van der Waals surface area contributed by atoms with E-state index in [1.54, 1.807) is 12.1 Å². The fraction of sp³-hybridized carbons (Fsp3) is 0.250. The molecule has 0 N–H and O–H groups in total. The van der Waals surface area contributed by atoms with Gasteiger partial charge < -0.3 is 4.74 Å². The fourth-order valence-electron chi connectivity index (χ4n) is 2.16. The second kappa shape index (κ2) is 6.16. The Morgan fingerprint density at radius 2 is 2.00 bits per heavy atom. The highest BCUT2D eigenvalue weighted by Crippen LogP contribution is 2.35. The minimum Gasteiger partial charge on any atom is -0.463 e. The van der Waals surface area contributed by atoms with Crippen LogP contribution >= 0.6 is 11.3 Å². The summed E-state index contributed by atoms with van der Waals surface area (Å²) in [5, 5.41) is 2.55. The number of rotatable bonds is 4. The van der Waals surface area contributed by atoms with Crippen LogP contribution < -0.4 is 4.74 Å². The number of fused-ring (bicyclic) bond motifs is 1. The van der Waals surface area contributed by atoms with Gasteiger partial charge in [0, 0.05) is 10.9 Å². The second-order valence-electron chi connectivity index (χ2n) is 4.92. The van der Waals surface area contributed by atoms with Crippen molar-refractivity contribution in [1.29, 1.82) is 0 Å². The molecule has 7 heteroatoms. The van der Waals surface area contributed by atoms with E-state index in [2.05, 4.69) is 9.97 Å². The van der Waals surface area contributed by atoms with Gasteiger partial charge in [0.15, 0.2) is 0 Å². The average molecular weight is 338 g/mol. The second-order valence-corrected chi connectivity index (χ2v) is 5.82. The number of hydrogen-bond acceptors (Lipinski definition) is 4. The summed E-state index contributed by atoms with van der Waals surface area (Å²) in [6, 6.07) is 7.13. The van der Waals surface area contributed by atoms with Crippen LogP contribution in [0.15, 0.2) is 35.7 Å². The van der Waals surface area contributed by atoms with E-state index in [-0.39, 0.29) is 6.01 Å². The van der Waals surface area contributed by atoms with Gasteiger partial charge in [-0.15, -0.1) is 11.3 Å². The van der Waals surface area contributed by atoms with Crippen LogP contribution in [-0.4, -0.2) is 16.6 Å². The highest BCUT2D eigenvalue weighted by atomic mass is 32.1. The molecule has 2 aromatic heterocycles. The molecular weight excluding hydrogens is 325 g/mol. The molecule has 0 saturated carbocycles. The van der Waals surface area contributed by atoms with Crippen LogP contribution in [0.5, 0.6) is 6.01 Å². The number of alkyl halides is 3. The number of ether oxygens (including phenoxy) is 1. The minimum atomic E-state index is -4.39. The molecule has 0 saturated heterocycles. The van der Waals surface area contributed by atoms with E-state index in [1.807, 2.05) is 12.3 Å². The normalized spacial score (nSPS) is 11.8. The summed E-state index contributed by atoms with van der Waals surface area (Å²) in [7, 11) is 0. The number of benzene rings is 1. The van der Waals surface area contributed by atoms with Crippen LogP contribution in [0, 0.1) is 0 Å².